The van der Waals surface area contributed by atoms with Gasteiger partial charge >= 0.3 is 0 Å². The number of unbranched alkanes of at least 4 members (excludes halogenated alkanes) is 3. The molecule has 0 fully saturated rings. The largest absolute Gasteiger partial charge is 0.481 e. The lowest BCUT2D eigenvalue weighted by Crippen LogP contribution is -2.04. The van der Waals surface area contributed by atoms with Gasteiger partial charge in [0.15, 0.2) is 0 Å². The molecule has 0 aliphatic carbocycles. The minimum atomic E-state index is 0.654. The average Bonchev–Trinajstić information content (AvgIpc) is 2.85. The van der Waals surface area contributed by atoms with Gasteiger partial charge in [0, 0.05) is 17.5 Å². The van der Waals surface area contributed by atoms with E-state index in [1.165, 1.54) is 31.2 Å². The van der Waals surface area contributed by atoms with Crippen molar-refractivity contribution >= 4 is 5.78 Å². The van der Waals surface area contributed by atoms with Crippen LogP contribution < -0.4 is 4.74 Å². The summed E-state index contributed by atoms with van der Waals surface area (Å²) in [6, 6.07) is 0. The second-order valence-electron chi connectivity index (χ2n) is 4.54. The van der Waals surface area contributed by atoms with Crippen LogP contribution in [-0.2, 0) is 6.42 Å². The summed E-state index contributed by atoms with van der Waals surface area (Å²) in [6.45, 7) is 4.31. The van der Waals surface area contributed by atoms with E-state index in [0.29, 0.717) is 11.7 Å². The van der Waals surface area contributed by atoms with E-state index in [1.807, 2.05) is 10.6 Å². The number of hydrogen-bond acceptors (Lipinski definition) is 3. The molecule has 0 N–H and O–H groups in total. The zero-order valence-corrected chi connectivity index (χ0v) is 11.4. The highest BCUT2D eigenvalue weighted by Gasteiger charge is 2.12. The minimum absolute atomic E-state index is 0.654. The number of ether oxygens (including phenoxy) is 1. The molecule has 0 amide bonds. The van der Waals surface area contributed by atoms with Gasteiger partial charge in [-0.1, -0.05) is 26.2 Å². The van der Waals surface area contributed by atoms with E-state index < -0.39 is 0 Å². The first-order valence-corrected chi connectivity index (χ1v) is 6.56. The highest BCUT2D eigenvalue weighted by atomic mass is 16.5. The fourth-order valence-electron chi connectivity index (χ4n) is 2.23. The molecular formula is C14H20N3O. The normalized spacial score (nSPS) is 11.1. The van der Waals surface area contributed by atoms with Crippen LogP contribution in [0.15, 0.2) is 6.20 Å². The second kappa shape index (κ2) is 5.85. The summed E-state index contributed by atoms with van der Waals surface area (Å²) in [5, 5.41) is 0. The molecule has 0 aromatic carbocycles. The lowest BCUT2D eigenvalue weighted by atomic mass is 10.1. The number of nitrogens with zero attached hydrogens (tertiary/aromatic N) is 3. The van der Waals surface area contributed by atoms with Crippen LogP contribution >= 0.6 is 0 Å². The van der Waals surface area contributed by atoms with Crippen molar-refractivity contribution in [3.63, 3.8) is 0 Å². The van der Waals surface area contributed by atoms with E-state index in [1.54, 1.807) is 7.11 Å². The summed E-state index contributed by atoms with van der Waals surface area (Å²) in [7, 11) is 1.67. The first-order valence-electron chi connectivity index (χ1n) is 6.56. The number of rotatable bonds is 6. The SMILES string of the molecule is CCCCCCc1c(OC)nc2n[c]cn2c1C. The molecule has 0 saturated heterocycles. The number of aromatic nitrogens is 3. The maximum Gasteiger partial charge on any atom is 0.237 e. The molecule has 1 radical (unpaired) electrons. The Hall–Kier alpha value is -1.58. The van der Waals surface area contributed by atoms with Crippen molar-refractivity contribution < 1.29 is 4.74 Å². The molecule has 2 rings (SSSR count). The van der Waals surface area contributed by atoms with E-state index in [0.717, 1.165) is 12.1 Å². The van der Waals surface area contributed by atoms with Gasteiger partial charge < -0.3 is 4.74 Å². The zero-order chi connectivity index (χ0) is 13.0. The number of aryl methyl sites for hydroxylation is 1. The van der Waals surface area contributed by atoms with Gasteiger partial charge in [-0.3, -0.25) is 4.40 Å². The third-order valence-electron chi connectivity index (χ3n) is 3.30. The van der Waals surface area contributed by atoms with Crippen molar-refractivity contribution in [2.45, 2.75) is 46.0 Å². The zero-order valence-electron chi connectivity index (χ0n) is 11.4. The summed E-state index contributed by atoms with van der Waals surface area (Å²) in [5.41, 5.74) is 2.34. The van der Waals surface area contributed by atoms with Crippen LogP contribution in [0.4, 0.5) is 0 Å². The molecule has 0 aliphatic rings. The molecule has 0 spiro atoms. The number of methoxy groups -OCH3 is 1. The van der Waals surface area contributed by atoms with Crippen molar-refractivity contribution in [1.29, 1.82) is 0 Å². The Morgan fingerprint density at radius 3 is 2.89 bits per heavy atom. The molecular weight excluding hydrogens is 226 g/mol. The van der Waals surface area contributed by atoms with Gasteiger partial charge in [-0.05, 0) is 19.8 Å². The van der Waals surface area contributed by atoms with Gasteiger partial charge in [-0.15, -0.1) is 0 Å². The number of fused-ring (bicyclic) bond motifs is 1. The van der Waals surface area contributed by atoms with Crippen LogP contribution in [0.25, 0.3) is 5.78 Å². The van der Waals surface area contributed by atoms with E-state index >= 15 is 0 Å². The van der Waals surface area contributed by atoms with Crippen LogP contribution in [0.1, 0.15) is 43.9 Å². The predicted molar refractivity (Wildman–Crippen MR) is 71.0 cm³/mol. The summed E-state index contributed by atoms with van der Waals surface area (Å²) < 4.78 is 7.35. The van der Waals surface area contributed by atoms with Crippen LogP contribution in [0.5, 0.6) is 5.88 Å². The molecule has 2 aromatic heterocycles. The van der Waals surface area contributed by atoms with Gasteiger partial charge in [0.1, 0.15) is 6.20 Å². The Kier molecular flexibility index (Phi) is 4.18. The van der Waals surface area contributed by atoms with Crippen molar-refractivity contribution in [3.05, 3.63) is 23.7 Å². The molecule has 18 heavy (non-hydrogen) atoms. The maximum atomic E-state index is 5.38. The van der Waals surface area contributed by atoms with Crippen LogP contribution in [0, 0.1) is 13.1 Å². The predicted octanol–water partition coefficient (Wildman–Crippen LogP) is 2.97. The Morgan fingerprint density at radius 1 is 1.33 bits per heavy atom. The van der Waals surface area contributed by atoms with Crippen molar-refractivity contribution in [3.8, 4) is 5.88 Å². The molecule has 4 heteroatoms. The third kappa shape index (κ3) is 2.47. The average molecular weight is 246 g/mol. The van der Waals surface area contributed by atoms with Gasteiger partial charge in [0.05, 0.1) is 7.11 Å². The molecule has 0 saturated carbocycles. The fraction of sp³-hybridized carbons (Fsp3) is 0.571. The van der Waals surface area contributed by atoms with E-state index in [2.05, 4.69) is 30.0 Å². The van der Waals surface area contributed by atoms with Crippen molar-refractivity contribution in [2.24, 2.45) is 0 Å². The van der Waals surface area contributed by atoms with E-state index in [-0.39, 0.29) is 0 Å². The summed E-state index contributed by atoms with van der Waals surface area (Å²) in [4.78, 5) is 8.50. The molecule has 4 nitrogen and oxygen atoms in total. The Labute approximate surface area is 108 Å². The molecule has 97 valence electrons. The van der Waals surface area contributed by atoms with Crippen LogP contribution in [0.2, 0.25) is 0 Å². The lowest BCUT2D eigenvalue weighted by Gasteiger charge is -2.12. The number of hydrogen-bond donors (Lipinski definition) is 0. The van der Waals surface area contributed by atoms with Gasteiger partial charge in [-0.25, -0.2) is 4.98 Å². The molecule has 2 aromatic rings. The third-order valence-corrected chi connectivity index (χ3v) is 3.30. The fourth-order valence-corrected chi connectivity index (χ4v) is 2.23. The smallest absolute Gasteiger partial charge is 0.237 e. The van der Waals surface area contributed by atoms with Crippen molar-refractivity contribution in [2.75, 3.05) is 7.11 Å². The monoisotopic (exact) mass is 246 g/mol. The topological polar surface area (TPSA) is 39.4 Å². The molecule has 2 heterocycles. The molecule has 0 unspecified atom stereocenters. The van der Waals surface area contributed by atoms with Gasteiger partial charge in [0.2, 0.25) is 11.7 Å². The standard InChI is InChI=1S/C14H20N3O/c1-4-5-6-7-8-12-11(2)17-10-9-15-14(17)16-13(12)18-3/h10H,4-8H2,1-3H3. The Balaban J connectivity index is 2.26. The van der Waals surface area contributed by atoms with Gasteiger partial charge in [-0.2, -0.15) is 4.98 Å². The van der Waals surface area contributed by atoms with Crippen LogP contribution in [-0.4, -0.2) is 21.5 Å². The first kappa shape index (κ1) is 12.9. The maximum absolute atomic E-state index is 5.38. The molecule has 0 atom stereocenters. The second-order valence-corrected chi connectivity index (χ2v) is 4.54. The minimum Gasteiger partial charge on any atom is -0.481 e. The highest BCUT2D eigenvalue weighted by molar-refractivity contribution is 5.41. The van der Waals surface area contributed by atoms with E-state index in [9.17, 15) is 0 Å². The molecule has 0 bridgehead atoms. The summed E-state index contributed by atoms with van der Waals surface area (Å²) in [5.74, 6) is 1.36. The molecule has 0 aliphatic heterocycles. The summed E-state index contributed by atoms with van der Waals surface area (Å²) in [6.07, 6.45) is 10.6. The van der Waals surface area contributed by atoms with Crippen LogP contribution in [0.3, 0.4) is 0 Å². The lowest BCUT2D eigenvalue weighted by molar-refractivity contribution is 0.390. The Bertz CT molecular complexity index is 519. The first-order chi connectivity index (χ1) is 8.77. The number of imidazole rings is 1. The van der Waals surface area contributed by atoms with Gasteiger partial charge in [0.25, 0.3) is 0 Å². The van der Waals surface area contributed by atoms with E-state index in [4.69, 9.17) is 4.74 Å². The Morgan fingerprint density at radius 2 is 2.17 bits per heavy atom. The quantitative estimate of drug-likeness (QED) is 0.736. The van der Waals surface area contributed by atoms with Crippen molar-refractivity contribution in [1.82, 2.24) is 14.4 Å². The highest BCUT2D eigenvalue weighted by Crippen LogP contribution is 2.23. The summed E-state index contributed by atoms with van der Waals surface area (Å²) >= 11 is 0.